The van der Waals surface area contributed by atoms with Gasteiger partial charge in [0, 0.05) is 13.1 Å². The molecule has 2 heterocycles. The third kappa shape index (κ3) is 4.39. The largest absolute Gasteiger partial charge is 0.378 e. The number of benzene rings is 1. The van der Waals surface area contributed by atoms with Gasteiger partial charge in [-0.3, -0.25) is 5.32 Å². The van der Waals surface area contributed by atoms with Crippen molar-refractivity contribution in [3.63, 3.8) is 0 Å². The summed E-state index contributed by atoms with van der Waals surface area (Å²) >= 11 is 0. The number of nitrogens with zero attached hydrogens (tertiary/aromatic N) is 2. The Bertz CT molecular complexity index is 741. The summed E-state index contributed by atoms with van der Waals surface area (Å²) in [5.41, 5.74) is 2.22. The molecule has 0 spiro atoms. The molecule has 2 aliphatic rings. The van der Waals surface area contributed by atoms with E-state index < -0.39 is 0 Å². The number of aromatic nitrogens is 1. The maximum atomic E-state index is 12.5. The summed E-state index contributed by atoms with van der Waals surface area (Å²) in [6.07, 6.45) is 5.36. The Kier molecular flexibility index (Phi) is 5.53. The van der Waals surface area contributed by atoms with Gasteiger partial charge in [0.15, 0.2) is 0 Å². The number of carbonyl (C=O) groups excluding carboxylic acids is 1. The second kappa shape index (κ2) is 8.39. The van der Waals surface area contributed by atoms with Crippen LogP contribution in [0.2, 0.25) is 0 Å². The minimum absolute atomic E-state index is 0.0487. The van der Waals surface area contributed by atoms with E-state index in [1.165, 1.54) is 6.42 Å². The Balaban J connectivity index is 1.37. The molecule has 1 aromatic heterocycles. The van der Waals surface area contributed by atoms with Crippen molar-refractivity contribution < 1.29 is 9.53 Å². The maximum absolute atomic E-state index is 12.5. The van der Waals surface area contributed by atoms with Gasteiger partial charge in [-0.1, -0.05) is 36.8 Å². The number of anilines is 2. The summed E-state index contributed by atoms with van der Waals surface area (Å²) in [4.78, 5) is 19.2. The van der Waals surface area contributed by atoms with Gasteiger partial charge in [0.25, 0.3) is 0 Å². The molecule has 2 aromatic rings. The first kappa shape index (κ1) is 17.8. The van der Waals surface area contributed by atoms with Crippen molar-refractivity contribution in [2.45, 2.75) is 25.3 Å². The number of urea groups is 1. The highest BCUT2D eigenvalue weighted by Crippen LogP contribution is 2.37. The Morgan fingerprint density at radius 3 is 2.52 bits per heavy atom. The van der Waals surface area contributed by atoms with Crippen LogP contribution in [-0.4, -0.2) is 37.3 Å². The molecule has 1 saturated heterocycles. The zero-order valence-electron chi connectivity index (χ0n) is 15.4. The molecular formula is C21H26N4O2. The van der Waals surface area contributed by atoms with E-state index in [0.29, 0.717) is 11.7 Å². The van der Waals surface area contributed by atoms with Gasteiger partial charge in [-0.2, -0.15) is 0 Å². The molecule has 1 saturated carbocycles. The van der Waals surface area contributed by atoms with Crippen LogP contribution in [0, 0.1) is 5.92 Å². The number of hydrogen-bond donors (Lipinski definition) is 2. The van der Waals surface area contributed by atoms with Gasteiger partial charge >= 0.3 is 6.03 Å². The molecule has 0 bridgehead atoms. The fraction of sp³-hybridized carbons (Fsp3) is 0.429. The second-order valence-corrected chi connectivity index (χ2v) is 7.18. The van der Waals surface area contributed by atoms with E-state index in [-0.39, 0.29) is 12.1 Å². The first-order chi connectivity index (χ1) is 13.3. The minimum atomic E-state index is -0.206. The van der Waals surface area contributed by atoms with Crippen molar-refractivity contribution in [2.24, 2.45) is 5.92 Å². The Hall–Kier alpha value is -2.60. The summed E-state index contributed by atoms with van der Waals surface area (Å²) in [7, 11) is 0. The average Bonchev–Trinajstić information content (AvgIpc) is 2.68. The van der Waals surface area contributed by atoms with Crippen LogP contribution in [0.15, 0.2) is 48.7 Å². The van der Waals surface area contributed by atoms with Crippen molar-refractivity contribution in [1.29, 1.82) is 0 Å². The molecule has 1 aromatic carbocycles. The molecule has 6 heteroatoms. The number of amides is 2. The first-order valence-corrected chi connectivity index (χ1v) is 9.71. The number of ether oxygens (including phenoxy) is 1. The number of hydrogen-bond acceptors (Lipinski definition) is 4. The number of pyridine rings is 1. The number of morpholine rings is 1. The molecule has 1 aliphatic carbocycles. The lowest BCUT2D eigenvalue weighted by Gasteiger charge is -2.34. The van der Waals surface area contributed by atoms with Crippen LogP contribution in [0.1, 0.15) is 30.9 Å². The quantitative estimate of drug-likeness (QED) is 0.849. The predicted molar refractivity (Wildman–Crippen MR) is 106 cm³/mol. The van der Waals surface area contributed by atoms with Gasteiger partial charge < -0.3 is 15.0 Å². The smallest absolute Gasteiger partial charge is 0.320 e. The maximum Gasteiger partial charge on any atom is 0.320 e. The molecule has 2 amide bonds. The van der Waals surface area contributed by atoms with Crippen LogP contribution >= 0.6 is 0 Å². The fourth-order valence-electron chi connectivity index (χ4n) is 3.67. The third-order valence-electron chi connectivity index (χ3n) is 5.43. The second-order valence-electron chi connectivity index (χ2n) is 7.18. The normalized spacial score (nSPS) is 18.4. The van der Waals surface area contributed by atoms with E-state index in [2.05, 4.69) is 32.7 Å². The highest BCUT2D eigenvalue weighted by molar-refractivity contribution is 5.88. The average molecular weight is 366 g/mol. The molecule has 2 N–H and O–H groups in total. The predicted octanol–water partition coefficient (Wildman–Crippen LogP) is 3.58. The van der Waals surface area contributed by atoms with E-state index in [4.69, 9.17) is 4.74 Å². The number of rotatable bonds is 5. The van der Waals surface area contributed by atoms with Crippen LogP contribution in [0.3, 0.4) is 0 Å². The monoisotopic (exact) mass is 366 g/mol. The third-order valence-corrected chi connectivity index (χ3v) is 5.43. The van der Waals surface area contributed by atoms with Gasteiger partial charge in [0.2, 0.25) is 0 Å². The van der Waals surface area contributed by atoms with Crippen LogP contribution in [0.4, 0.5) is 16.3 Å². The molecule has 142 valence electrons. The van der Waals surface area contributed by atoms with E-state index in [9.17, 15) is 4.79 Å². The van der Waals surface area contributed by atoms with Crippen molar-refractivity contribution in [1.82, 2.24) is 10.3 Å². The lowest BCUT2D eigenvalue weighted by molar-refractivity contribution is 0.122. The molecule has 0 radical (unpaired) electrons. The summed E-state index contributed by atoms with van der Waals surface area (Å²) in [6, 6.07) is 13.9. The number of nitrogens with one attached hydrogen (secondary N) is 2. The van der Waals surface area contributed by atoms with Gasteiger partial charge in [-0.15, -0.1) is 0 Å². The summed E-state index contributed by atoms with van der Waals surface area (Å²) in [5, 5.41) is 6.02. The number of carbonyl (C=O) groups is 1. The molecule has 2 fully saturated rings. The summed E-state index contributed by atoms with van der Waals surface area (Å²) in [5.74, 6) is 1.07. The Labute approximate surface area is 159 Å². The first-order valence-electron chi connectivity index (χ1n) is 9.71. The molecule has 1 aliphatic heterocycles. The van der Waals surface area contributed by atoms with E-state index in [1.54, 1.807) is 0 Å². The summed E-state index contributed by atoms with van der Waals surface area (Å²) < 4.78 is 5.38. The van der Waals surface area contributed by atoms with Gasteiger partial charge in [0.1, 0.15) is 5.82 Å². The highest BCUT2D eigenvalue weighted by Gasteiger charge is 2.29. The molecular weight excluding hydrogens is 340 g/mol. The van der Waals surface area contributed by atoms with Crippen molar-refractivity contribution in [3.05, 3.63) is 54.2 Å². The van der Waals surface area contributed by atoms with Crippen LogP contribution < -0.4 is 15.5 Å². The fourth-order valence-corrected chi connectivity index (χ4v) is 3.67. The van der Waals surface area contributed by atoms with E-state index in [1.807, 2.05) is 36.5 Å². The van der Waals surface area contributed by atoms with Crippen LogP contribution in [0.5, 0.6) is 0 Å². The van der Waals surface area contributed by atoms with Crippen molar-refractivity contribution >= 4 is 17.5 Å². The highest BCUT2D eigenvalue weighted by atomic mass is 16.5. The van der Waals surface area contributed by atoms with Gasteiger partial charge in [-0.25, -0.2) is 9.78 Å². The van der Waals surface area contributed by atoms with Crippen molar-refractivity contribution in [2.75, 3.05) is 36.5 Å². The molecule has 4 rings (SSSR count). The SMILES string of the molecule is O=C(Nc1ccc(N2CCOCC2)cn1)NC(c1ccccc1)C1CCC1. The standard InChI is InChI=1S/C21H26N4O2/c26-21(24-20(17-7-4-8-17)16-5-2-1-3-6-16)23-19-10-9-18(15-22-19)25-11-13-27-14-12-25/h1-3,5-6,9-10,15,17,20H,4,7-8,11-14H2,(H2,22,23,24,26). The molecule has 1 unspecified atom stereocenters. The Morgan fingerprint density at radius 2 is 1.89 bits per heavy atom. The van der Waals surface area contributed by atoms with E-state index in [0.717, 1.165) is 50.4 Å². The zero-order chi connectivity index (χ0) is 18.5. The van der Waals surface area contributed by atoms with Crippen LogP contribution in [-0.2, 0) is 4.74 Å². The zero-order valence-corrected chi connectivity index (χ0v) is 15.4. The minimum Gasteiger partial charge on any atom is -0.378 e. The molecule has 6 nitrogen and oxygen atoms in total. The van der Waals surface area contributed by atoms with Gasteiger partial charge in [-0.05, 0) is 36.5 Å². The van der Waals surface area contributed by atoms with E-state index >= 15 is 0 Å². The van der Waals surface area contributed by atoms with Crippen molar-refractivity contribution in [3.8, 4) is 0 Å². The lowest BCUT2D eigenvalue weighted by atomic mass is 9.77. The lowest BCUT2D eigenvalue weighted by Crippen LogP contribution is -2.38. The van der Waals surface area contributed by atoms with Crippen LogP contribution in [0.25, 0.3) is 0 Å². The molecule has 27 heavy (non-hydrogen) atoms. The molecule has 1 atom stereocenters. The van der Waals surface area contributed by atoms with Gasteiger partial charge in [0.05, 0.1) is 31.1 Å². The summed E-state index contributed by atoms with van der Waals surface area (Å²) in [6.45, 7) is 3.22. The Morgan fingerprint density at radius 1 is 1.11 bits per heavy atom. The topological polar surface area (TPSA) is 66.5 Å².